The third kappa shape index (κ3) is 3.59. The first kappa shape index (κ1) is 15.9. The Kier molecular flexibility index (Phi) is 4.93. The predicted octanol–water partition coefficient (Wildman–Crippen LogP) is 3.95. The number of hydrogen-bond donors (Lipinski definition) is 0. The number of oxazole rings is 1. The van der Waals surface area contributed by atoms with Crippen LogP contribution >= 0.6 is 11.8 Å². The Bertz CT molecular complexity index is 581. The molecule has 0 N–H and O–H groups in total. The lowest BCUT2D eigenvalue weighted by atomic mass is 10.2. The summed E-state index contributed by atoms with van der Waals surface area (Å²) >= 11 is 1.37. The number of carbonyl (C=O) groups is 1. The van der Waals surface area contributed by atoms with Crippen molar-refractivity contribution in [1.82, 2.24) is 9.88 Å². The first-order chi connectivity index (χ1) is 9.90. The second-order valence-electron chi connectivity index (χ2n) is 5.64. The van der Waals surface area contributed by atoms with E-state index in [9.17, 15) is 4.79 Å². The second kappa shape index (κ2) is 6.52. The molecule has 0 fully saturated rings. The van der Waals surface area contributed by atoms with Crippen LogP contribution in [0.3, 0.4) is 0 Å². The molecule has 5 heteroatoms. The first-order valence-corrected chi connectivity index (χ1v) is 8.12. The van der Waals surface area contributed by atoms with Crippen LogP contribution in [0.1, 0.15) is 34.6 Å². The third-order valence-corrected chi connectivity index (χ3v) is 4.20. The summed E-state index contributed by atoms with van der Waals surface area (Å²) in [5.74, 6) is 0.118. The molecule has 21 heavy (non-hydrogen) atoms. The highest BCUT2D eigenvalue weighted by atomic mass is 32.2. The number of thioether (sulfide) groups is 1. The molecule has 0 aliphatic heterocycles. The average molecular weight is 306 g/mol. The zero-order chi connectivity index (χ0) is 15.6. The molecule has 0 spiro atoms. The summed E-state index contributed by atoms with van der Waals surface area (Å²) < 4.78 is 5.67. The van der Waals surface area contributed by atoms with Crippen LogP contribution in [-0.2, 0) is 4.79 Å². The summed E-state index contributed by atoms with van der Waals surface area (Å²) in [4.78, 5) is 18.9. The highest BCUT2D eigenvalue weighted by Gasteiger charge is 2.27. The van der Waals surface area contributed by atoms with E-state index in [0.717, 1.165) is 11.1 Å². The molecule has 0 bridgehead atoms. The minimum atomic E-state index is -0.220. The SMILES string of the molecule is CC(Sc1nc2ccccc2o1)C(=O)N(C(C)C)C(C)C. The van der Waals surface area contributed by atoms with Gasteiger partial charge >= 0.3 is 0 Å². The van der Waals surface area contributed by atoms with Crippen LogP contribution in [0.25, 0.3) is 11.1 Å². The van der Waals surface area contributed by atoms with Gasteiger partial charge in [-0.1, -0.05) is 23.9 Å². The van der Waals surface area contributed by atoms with Crippen molar-refractivity contribution >= 4 is 28.8 Å². The summed E-state index contributed by atoms with van der Waals surface area (Å²) in [6.45, 7) is 10.0. The van der Waals surface area contributed by atoms with Gasteiger partial charge in [-0.05, 0) is 46.8 Å². The number of benzene rings is 1. The lowest BCUT2D eigenvalue weighted by Crippen LogP contribution is -2.45. The Morgan fingerprint density at radius 1 is 1.14 bits per heavy atom. The van der Waals surface area contributed by atoms with Crippen molar-refractivity contribution in [3.8, 4) is 0 Å². The maximum Gasteiger partial charge on any atom is 0.257 e. The summed E-state index contributed by atoms with van der Waals surface area (Å²) in [6, 6.07) is 7.99. The Hall–Kier alpha value is -1.49. The molecule has 1 unspecified atom stereocenters. The van der Waals surface area contributed by atoms with Crippen molar-refractivity contribution in [2.24, 2.45) is 0 Å². The minimum Gasteiger partial charge on any atom is -0.431 e. The van der Waals surface area contributed by atoms with Gasteiger partial charge in [0.15, 0.2) is 5.58 Å². The molecule has 0 saturated heterocycles. The lowest BCUT2D eigenvalue weighted by molar-refractivity contribution is -0.133. The maximum atomic E-state index is 12.6. The van der Waals surface area contributed by atoms with Gasteiger partial charge in [0.25, 0.3) is 5.22 Å². The summed E-state index contributed by atoms with van der Waals surface area (Å²) in [7, 11) is 0. The Morgan fingerprint density at radius 3 is 2.33 bits per heavy atom. The average Bonchev–Trinajstić information content (AvgIpc) is 2.79. The predicted molar refractivity (Wildman–Crippen MR) is 86.4 cm³/mol. The van der Waals surface area contributed by atoms with Crippen LogP contribution in [0.15, 0.2) is 33.9 Å². The Labute approximate surface area is 129 Å². The lowest BCUT2D eigenvalue weighted by Gasteiger charge is -2.32. The van der Waals surface area contributed by atoms with Crippen LogP contribution in [0.2, 0.25) is 0 Å². The molecule has 1 amide bonds. The number of para-hydroxylation sites is 2. The summed E-state index contributed by atoms with van der Waals surface area (Å²) in [5.41, 5.74) is 1.58. The van der Waals surface area contributed by atoms with Crippen molar-refractivity contribution in [3.63, 3.8) is 0 Å². The monoisotopic (exact) mass is 306 g/mol. The zero-order valence-electron chi connectivity index (χ0n) is 13.2. The molecule has 4 nitrogen and oxygen atoms in total. The van der Waals surface area contributed by atoms with Gasteiger partial charge in [0.2, 0.25) is 5.91 Å². The third-order valence-electron chi connectivity index (χ3n) is 3.27. The van der Waals surface area contributed by atoms with E-state index >= 15 is 0 Å². The van der Waals surface area contributed by atoms with Crippen LogP contribution in [0.4, 0.5) is 0 Å². The number of nitrogens with zero attached hydrogens (tertiary/aromatic N) is 2. The maximum absolute atomic E-state index is 12.6. The standard InChI is InChI=1S/C16H22N2O2S/c1-10(2)18(11(3)4)15(19)12(5)21-16-17-13-8-6-7-9-14(13)20-16/h6-12H,1-5H3. The smallest absolute Gasteiger partial charge is 0.257 e. The van der Waals surface area contributed by atoms with E-state index in [-0.39, 0.29) is 23.2 Å². The number of fused-ring (bicyclic) bond motifs is 1. The highest BCUT2D eigenvalue weighted by Crippen LogP contribution is 2.28. The fourth-order valence-corrected chi connectivity index (χ4v) is 3.23. The highest BCUT2D eigenvalue weighted by molar-refractivity contribution is 8.00. The topological polar surface area (TPSA) is 46.3 Å². The van der Waals surface area contributed by atoms with E-state index in [4.69, 9.17) is 4.42 Å². The van der Waals surface area contributed by atoms with Crippen molar-refractivity contribution in [2.45, 2.75) is 57.2 Å². The van der Waals surface area contributed by atoms with Crippen molar-refractivity contribution in [1.29, 1.82) is 0 Å². The van der Waals surface area contributed by atoms with E-state index in [2.05, 4.69) is 4.98 Å². The van der Waals surface area contributed by atoms with Gasteiger partial charge in [-0.15, -0.1) is 0 Å². The molecule has 2 aromatic rings. The molecular formula is C16H22N2O2S. The fourth-order valence-electron chi connectivity index (χ4n) is 2.42. The Balaban J connectivity index is 2.12. The van der Waals surface area contributed by atoms with Gasteiger partial charge in [-0.25, -0.2) is 4.98 Å². The van der Waals surface area contributed by atoms with E-state index in [1.807, 2.05) is 63.8 Å². The first-order valence-electron chi connectivity index (χ1n) is 7.24. The molecule has 0 radical (unpaired) electrons. The minimum absolute atomic E-state index is 0.118. The fraction of sp³-hybridized carbons (Fsp3) is 0.500. The van der Waals surface area contributed by atoms with E-state index < -0.39 is 0 Å². The van der Waals surface area contributed by atoms with E-state index in [0.29, 0.717) is 5.22 Å². The normalized spacial score (nSPS) is 13.1. The number of aromatic nitrogens is 1. The number of rotatable bonds is 5. The summed E-state index contributed by atoms with van der Waals surface area (Å²) in [6.07, 6.45) is 0. The van der Waals surface area contributed by atoms with E-state index in [1.165, 1.54) is 11.8 Å². The molecule has 2 rings (SSSR count). The van der Waals surface area contributed by atoms with Crippen molar-refractivity contribution < 1.29 is 9.21 Å². The summed E-state index contributed by atoms with van der Waals surface area (Å²) in [5, 5.41) is 0.326. The molecule has 1 aromatic carbocycles. The van der Waals surface area contributed by atoms with E-state index in [1.54, 1.807) is 0 Å². The molecule has 114 valence electrons. The van der Waals surface area contributed by atoms with Crippen LogP contribution < -0.4 is 0 Å². The molecule has 1 atom stereocenters. The molecule has 1 heterocycles. The molecule has 0 aliphatic carbocycles. The number of carbonyl (C=O) groups excluding carboxylic acids is 1. The quantitative estimate of drug-likeness (QED) is 0.785. The van der Waals surface area contributed by atoms with Gasteiger partial charge in [0, 0.05) is 12.1 Å². The van der Waals surface area contributed by atoms with Gasteiger partial charge in [0.1, 0.15) is 5.52 Å². The van der Waals surface area contributed by atoms with Crippen LogP contribution in [0, 0.1) is 0 Å². The second-order valence-corrected chi connectivity index (χ2v) is 6.93. The van der Waals surface area contributed by atoms with Gasteiger partial charge < -0.3 is 9.32 Å². The van der Waals surface area contributed by atoms with Gasteiger partial charge in [0.05, 0.1) is 5.25 Å². The molecule has 0 saturated carbocycles. The zero-order valence-corrected chi connectivity index (χ0v) is 14.0. The van der Waals surface area contributed by atoms with Crippen LogP contribution in [0.5, 0.6) is 0 Å². The molecule has 1 aromatic heterocycles. The number of amides is 1. The van der Waals surface area contributed by atoms with Crippen molar-refractivity contribution in [2.75, 3.05) is 0 Å². The molecular weight excluding hydrogens is 284 g/mol. The number of hydrogen-bond acceptors (Lipinski definition) is 4. The molecule has 0 aliphatic rings. The largest absolute Gasteiger partial charge is 0.431 e. The van der Waals surface area contributed by atoms with Gasteiger partial charge in [-0.2, -0.15) is 0 Å². The van der Waals surface area contributed by atoms with Crippen LogP contribution in [-0.4, -0.2) is 33.1 Å². The Morgan fingerprint density at radius 2 is 1.76 bits per heavy atom. The van der Waals surface area contributed by atoms with Crippen molar-refractivity contribution in [3.05, 3.63) is 24.3 Å². The van der Waals surface area contributed by atoms with Gasteiger partial charge in [-0.3, -0.25) is 4.79 Å².